The Balaban J connectivity index is 1.78. The average Bonchev–Trinajstić information content (AvgIpc) is 2.71. The third-order valence-electron chi connectivity index (χ3n) is 4.93. The molecule has 0 saturated heterocycles. The minimum Gasteiger partial charge on any atom is -0.361 e. The number of hydrogen-bond donors (Lipinski definition) is 1. The summed E-state index contributed by atoms with van der Waals surface area (Å²) in [7, 11) is 3.87. The number of likely N-dealkylation sites (N-methyl/N-ethyl adjacent to an activating group) is 2. The summed E-state index contributed by atoms with van der Waals surface area (Å²) in [4.78, 5) is 31.6. The Morgan fingerprint density at radius 3 is 2.37 bits per heavy atom. The van der Waals surface area contributed by atoms with E-state index in [1.165, 1.54) is 6.07 Å². The van der Waals surface area contributed by atoms with Gasteiger partial charge < -0.3 is 14.8 Å². The van der Waals surface area contributed by atoms with E-state index in [0.717, 1.165) is 29.7 Å². The van der Waals surface area contributed by atoms with Gasteiger partial charge in [0.25, 0.3) is 5.91 Å². The second-order valence-corrected chi connectivity index (χ2v) is 6.80. The van der Waals surface area contributed by atoms with Crippen LogP contribution in [0.5, 0.6) is 0 Å². The van der Waals surface area contributed by atoms with Gasteiger partial charge in [-0.2, -0.15) is 0 Å². The summed E-state index contributed by atoms with van der Waals surface area (Å²) in [6.45, 7) is 4.60. The molecule has 0 saturated carbocycles. The van der Waals surface area contributed by atoms with Crippen LogP contribution in [0.25, 0.3) is 22.0 Å². The summed E-state index contributed by atoms with van der Waals surface area (Å²) >= 11 is 0. The van der Waals surface area contributed by atoms with Crippen molar-refractivity contribution in [3.8, 4) is 11.1 Å². The van der Waals surface area contributed by atoms with E-state index in [1.807, 2.05) is 56.6 Å². The molecule has 1 amide bonds. The van der Waals surface area contributed by atoms with Crippen LogP contribution in [0.3, 0.4) is 0 Å². The number of carbonyl (C=O) groups is 1. The second kappa shape index (κ2) is 8.18. The quantitative estimate of drug-likeness (QED) is 0.732. The van der Waals surface area contributed by atoms with Gasteiger partial charge in [0, 0.05) is 48.9 Å². The Morgan fingerprint density at radius 2 is 1.67 bits per heavy atom. The van der Waals surface area contributed by atoms with Gasteiger partial charge >= 0.3 is 0 Å². The number of fused-ring (bicyclic) bond motifs is 1. The van der Waals surface area contributed by atoms with Crippen LogP contribution in [-0.2, 0) is 0 Å². The van der Waals surface area contributed by atoms with Crippen LogP contribution in [-0.4, -0.2) is 54.4 Å². The van der Waals surface area contributed by atoms with Crippen molar-refractivity contribution in [3.05, 3.63) is 70.5 Å². The van der Waals surface area contributed by atoms with Crippen LogP contribution in [0.1, 0.15) is 17.3 Å². The largest absolute Gasteiger partial charge is 0.361 e. The molecule has 0 unspecified atom stereocenters. The number of rotatable bonds is 6. The third-order valence-corrected chi connectivity index (χ3v) is 4.93. The maximum absolute atomic E-state index is 12.6. The van der Waals surface area contributed by atoms with Gasteiger partial charge in [-0.1, -0.05) is 25.1 Å². The van der Waals surface area contributed by atoms with Crippen LogP contribution >= 0.6 is 0 Å². The van der Waals surface area contributed by atoms with Crippen molar-refractivity contribution in [2.24, 2.45) is 0 Å². The molecule has 1 N–H and O–H groups in total. The molecular weight excluding hydrogens is 338 g/mol. The van der Waals surface area contributed by atoms with Gasteiger partial charge in [-0.15, -0.1) is 0 Å². The zero-order valence-electron chi connectivity index (χ0n) is 16.0. The number of amides is 1. The lowest BCUT2D eigenvalue weighted by Gasteiger charge is -2.21. The Bertz CT molecular complexity index is 992. The number of nitrogens with zero attached hydrogens (tertiary/aromatic N) is 2. The Hall–Kier alpha value is -2.92. The predicted molar refractivity (Wildman–Crippen MR) is 110 cm³/mol. The van der Waals surface area contributed by atoms with Gasteiger partial charge in [0.15, 0.2) is 5.43 Å². The van der Waals surface area contributed by atoms with Gasteiger partial charge in [0.1, 0.15) is 0 Å². The van der Waals surface area contributed by atoms with Crippen molar-refractivity contribution in [2.75, 3.05) is 33.7 Å². The summed E-state index contributed by atoms with van der Waals surface area (Å²) < 4.78 is 0. The molecule has 0 aliphatic heterocycles. The highest BCUT2D eigenvalue weighted by atomic mass is 16.2. The number of nitrogens with one attached hydrogen (secondary N) is 1. The monoisotopic (exact) mass is 363 g/mol. The lowest BCUT2D eigenvalue weighted by Crippen LogP contribution is -2.34. The van der Waals surface area contributed by atoms with Crippen molar-refractivity contribution in [1.29, 1.82) is 0 Å². The molecule has 0 spiro atoms. The van der Waals surface area contributed by atoms with Crippen molar-refractivity contribution in [2.45, 2.75) is 6.92 Å². The highest BCUT2D eigenvalue weighted by Crippen LogP contribution is 2.23. The maximum atomic E-state index is 12.6. The van der Waals surface area contributed by atoms with E-state index in [4.69, 9.17) is 0 Å². The Labute approximate surface area is 159 Å². The highest BCUT2D eigenvalue weighted by molar-refractivity contribution is 5.94. The van der Waals surface area contributed by atoms with Crippen LogP contribution in [0.15, 0.2) is 59.5 Å². The van der Waals surface area contributed by atoms with E-state index in [1.54, 1.807) is 11.1 Å². The van der Waals surface area contributed by atoms with E-state index in [2.05, 4.69) is 16.8 Å². The lowest BCUT2D eigenvalue weighted by molar-refractivity contribution is 0.0783. The summed E-state index contributed by atoms with van der Waals surface area (Å²) in [5.41, 5.74) is 3.41. The molecule has 5 nitrogen and oxygen atoms in total. The van der Waals surface area contributed by atoms with Gasteiger partial charge in [-0.05, 0) is 49.0 Å². The first-order valence-electron chi connectivity index (χ1n) is 9.15. The van der Waals surface area contributed by atoms with Crippen LogP contribution in [0.4, 0.5) is 0 Å². The van der Waals surface area contributed by atoms with Crippen LogP contribution in [0, 0.1) is 0 Å². The lowest BCUT2D eigenvalue weighted by atomic mass is 10.0. The summed E-state index contributed by atoms with van der Waals surface area (Å²) in [6, 6.07) is 14.8. The van der Waals surface area contributed by atoms with Gasteiger partial charge in [0.05, 0.1) is 0 Å². The van der Waals surface area contributed by atoms with Crippen molar-refractivity contribution < 1.29 is 4.79 Å². The molecule has 0 atom stereocenters. The van der Waals surface area contributed by atoms with Gasteiger partial charge in [-0.25, -0.2) is 0 Å². The molecule has 3 aromatic rings. The predicted octanol–water partition coefficient (Wildman–Crippen LogP) is 3.22. The SMILES string of the molecule is CCN(C)CCN(C)C(=O)c1ccc(-c2ccc3[nH]ccc(=O)c3c2)cc1. The van der Waals surface area contributed by atoms with Crippen molar-refractivity contribution in [3.63, 3.8) is 0 Å². The normalized spacial score (nSPS) is 11.1. The minimum atomic E-state index is -0.00364. The number of pyridine rings is 1. The minimum absolute atomic E-state index is 0.00364. The fourth-order valence-corrected chi connectivity index (χ4v) is 2.96. The Kier molecular flexibility index (Phi) is 5.72. The molecule has 0 aliphatic carbocycles. The first-order valence-corrected chi connectivity index (χ1v) is 9.15. The molecule has 1 heterocycles. The van der Waals surface area contributed by atoms with Gasteiger partial charge in [0.2, 0.25) is 0 Å². The van der Waals surface area contributed by atoms with Crippen LogP contribution < -0.4 is 5.43 Å². The number of hydrogen-bond acceptors (Lipinski definition) is 3. The standard InChI is InChI=1S/C22H25N3O2/c1-4-24(2)13-14-25(3)22(27)17-7-5-16(6-8-17)18-9-10-20-19(15-18)21(26)11-12-23-20/h5-12,15H,4,13-14H2,1-3H3,(H,23,26). The smallest absolute Gasteiger partial charge is 0.253 e. The van der Waals surface area contributed by atoms with E-state index in [9.17, 15) is 9.59 Å². The first kappa shape index (κ1) is 18.9. The molecule has 140 valence electrons. The molecule has 0 radical (unpaired) electrons. The fourth-order valence-electron chi connectivity index (χ4n) is 2.96. The molecule has 27 heavy (non-hydrogen) atoms. The zero-order valence-corrected chi connectivity index (χ0v) is 16.0. The molecule has 1 aromatic heterocycles. The van der Waals surface area contributed by atoms with Crippen molar-refractivity contribution >= 4 is 16.8 Å². The maximum Gasteiger partial charge on any atom is 0.253 e. The number of aromatic nitrogens is 1. The first-order chi connectivity index (χ1) is 13.0. The second-order valence-electron chi connectivity index (χ2n) is 6.80. The highest BCUT2D eigenvalue weighted by Gasteiger charge is 2.12. The molecule has 0 aliphatic rings. The molecule has 0 fully saturated rings. The average molecular weight is 363 g/mol. The molecule has 0 bridgehead atoms. The summed E-state index contributed by atoms with van der Waals surface area (Å²) in [6.07, 6.45) is 1.65. The number of carbonyl (C=O) groups excluding carboxylic acids is 1. The number of aromatic amines is 1. The van der Waals surface area contributed by atoms with E-state index >= 15 is 0 Å². The van der Waals surface area contributed by atoms with E-state index in [-0.39, 0.29) is 11.3 Å². The van der Waals surface area contributed by atoms with E-state index in [0.29, 0.717) is 17.5 Å². The fraction of sp³-hybridized carbons (Fsp3) is 0.273. The molecule has 5 heteroatoms. The topological polar surface area (TPSA) is 56.4 Å². The van der Waals surface area contributed by atoms with Gasteiger partial charge in [-0.3, -0.25) is 9.59 Å². The van der Waals surface area contributed by atoms with Crippen molar-refractivity contribution in [1.82, 2.24) is 14.8 Å². The number of H-pyrrole nitrogens is 1. The van der Waals surface area contributed by atoms with Crippen LogP contribution in [0.2, 0.25) is 0 Å². The number of benzene rings is 2. The summed E-state index contributed by atoms with van der Waals surface area (Å²) in [5, 5.41) is 0.662. The van der Waals surface area contributed by atoms with E-state index < -0.39 is 0 Å². The molecule has 3 rings (SSSR count). The molecular formula is C22H25N3O2. The zero-order chi connectivity index (χ0) is 19.4. The third kappa shape index (κ3) is 4.26. The Morgan fingerprint density at radius 1 is 0.963 bits per heavy atom. The molecule has 2 aromatic carbocycles. The summed E-state index contributed by atoms with van der Waals surface area (Å²) in [5.74, 6) is 0.0148.